The maximum absolute atomic E-state index is 14.2. The third-order valence-electron chi connectivity index (χ3n) is 28.9. The summed E-state index contributed by atoms with van der Waals surface area (Å²) in [4.78, 5) is 104. The van der Waals surface area contributed by atoms with Gasteiger partial charge in [0.15, 0.2) is 58.3 Å². The van der Waals surface area contributed by atoms with Crippen LogP contribution in [0, 0.1) is 33.4 Å². The van der Waals surface area contributed by atoms with Crippen LogP contribution in [-0.2, 0) is 69.9 Å². The summed E-state index contributed by atoms with van der Waals surface area (Å²) in [5.74, 6) is -7.06. The number of nitrogens with zero attached hydrogens (tertiary/aromatic N) is 1. The van der Waals surface area contributed by atoms with E-state index in [0.717, 1.165) is 178 Å². The van der Waals surface area contributed by atoms with Crippen LogP contribution in [0.5, 0.6) is 28.7 Å². The zero-order chi connectivity index (χ0) is 98.5. The average molecular weight is 1990 g/mol. The minimum absolute atomic E-state index is 0.00152. The Morgan fingerprint density at radius 3 is 1.01 bits per heavy atom. The summed E-state index contributed by atoms with van der Waals surface area (Å²) in [5, 5.41) is 52.9. The molecule has 4 spiro atoms. The molecule has 16 rings (SSSR count). The van der Waals surface area contributed by atoms with Gasteiger partial charge in [-0.1, -0.05) is 19.3 Å². The number of carbonyl (C=O) groups excluding carboxylic acids is 8. The zero-order valence-electron chi connectivity index (χ0n) is 75.2. The lowest BCUT2D eigenvalue weighted by Crippen LogP contribution is -2.51. The van der Waals surface area contributed by atoms with Crippen molar-refractivity contribution in [3.63, 3.8) is 0 Å². The van der Waals surface area contributed by atoms with Crippen LogP contribution in [-0.4, -0.2) is 192 Å². The number of pyridine rings is 1. The number of nitrogens with one attached hydrogen (secondary N) is 9. The smallest absolute Gasteiger partial charge is 0.489 e. The molecule has 5 heterocycles. The number of hydroxylamine groups is 4. The molecule has 4 saturated heterocycles. The van der Waals surface area contributed by atoms with Gasteiger partial charge < -0.3 is 50.3 Å². The molecule has 6 aromatic carbocycles. The van der Waals surface area contributed by atoms with Crippen LogP contribution in [0.1, 0.15) is 197 Å². The second-order valence-electron chi connectivity index (χ2n) is 36.9. The first-order chi connectivity index (χ1) is 65.2. The SMILES string of the molecule is CNC(=O)c1ccc(C(=O)Oc2ccc(S(=O)(=O)C3(C(=O)NO)CCC4(CCNCC4)C3)cc2)cc1F.O=C(NO)C1(S(=O)(=O)c2ccc(OCc3ccncc3)cc2)CCC2(CCNCC2)C1.O=C(Oc1ccc(S(=O)(=O)C2(C(=O)NO)CCC3(CCNCC3)C2)cc1)C1CCCCC1.O=C(Oc1ccc(S(=O)(=O)C2(C(=O)NO)CCC3(CCNCC3)C2)cc1)c1ccc(OC(F)(F)F)cc1. The largest absolute Gasteiger partial charge is 0.573 e. The predicted molar refractivity (Wildman–Crippen MR) is 482 cm³/mol. The van der Waals surface area contributed by atoms with E-state index in [1.165, 1.54) is 98.0 Å². The van der Waals surface area contributed by atoms with E-state index in [9.17, 15) is 110 Å². The first-order valence-electron chi connectivity index (χ1n) is 45.3. The van der Waals surface area contributed by atoms with Gasteiger partial charge in [0, 0.05) is 19.4 Å². The number of piperidine rings is 4. The summed E-state index contributed by atoms with van der Waals surface area (Å²) in [7, 11) is -15.2. The Kier molecular flexibility index (Phi) is 32.3. The molecule has 1 aromatic heterocycles. The number of esters is 3. The Labute approximate surface area is 789 Å². The number of sulfone groups is 4. The number of benzene rings is 6. The molecule has 9 aliphatic rings. The molecule has 0 bridgehead atoms. The third-order valence-corrected chi connectivity index (χ3v) is 38.7. The van der Waals surface area contributed by atoms with Crippen molar-refractivity contribution < 1.29 is 134 Å². The lowest BCUT2D eigenvalue weighted by Gasteiger charge is -2.36. The van der Waals surface area contributed by atoms with Crippen molar-refractivity contribution in [2.45, 2.75) is 212 Å². The Bertz CT molecular complexity index is 6010. The number of ether oxygens (including phenoxy) is 5. The molecule has 0 radical (unpaired) electrons. The summed E-state index contributed by atoms with van der Waals surface area (Å²) < 4.78 is 179. The Balaban J connectivity index is 0.000000155. The zero-order valence-corrected chi connectivity index (χ0v) is 78.4. The van der Waals surface area contributed by atoms with E-state index in [-0.39, 0.29) is 133 Å². The number of amides is 5. The van der Waals surface area contributed by atoms with E-state index in [1.807, 2.05) is 12.1 Å². The first kappa shape index (κ1) is 103. The lowest BCUT2D eigenvalue weighted by atomic mass is 9.77. The molecule has 43 heteroatoms. The fraction of sp³-hybridized carbons (Fsp3) is 0.479. The van der Waals surface area contributed by atoms with Crippen molar-refractivity contribution >= 4 is 86.8 Å². The van der Waals surface area contributed by atoms with Gasteiger partial charge in [-0.3, -0.25) is 54.6 Å². The van der Waals surface area contributed by atoms with Gasteiger partial charge in [-0.15, -0.1) is 13.2 Å². The number of aromatic nitrogens is 1. The molecule has 740 valence electrons. The molecule has 4 unspecified atom stereocenters. The van der Waals surface area contributed by atoms with Crippen molar-refractivity contribution in [2.75, 3.05) is 59.4 Å². The van der Waals surface area contributed by atoms with Crippen molar-refractivity contribution in [1.29, 1.82) is 0 Å². The monoisotopic (exact) mass is 1980 g/mol. The number of halogens is 4. The molecule has 137 heavy (non-hydrogen) atoms. The molecule has 5 saturated carbocycles. The topological polar surface area (TPSA) is 521 Å². The molecule has 7 aromatic rings. The number of hydrogen-bond acceptors (Lipinski definition) is 30. The van der Waals surface area contributed by atoms with Gasteiger partial charge in [-0.2, -0.15) is 0 Å². The Morgan fingerprint density at radius 2 is 0.701 bits per heavy atom. The molecule has 5 amide bonds. The quantitative estimate of drug-likeness (QED) is 0.00930. The number of carbonyl (C=O) groups is 8. The number of rotatable bonds is 23. The minimum Gasteiger partial charge on any atom is -0.489 e. The van der Waals surface area contributed by atoms with E-state index in [0.29, 0.717) is 43.8 Å². The molecule has 9 fully saturated rings. The molecule has 35 nitrogen and oxygen atoms in total. The van der Waals surface area contributed by atoms with Crippen molar-refractivity contribution in [2.24, 2.45) is 27.6 Å². The maximum Gasteiger partial charge on any atom is 0.573 e. The van der Waals surface area contributed by atoms with Gasteiger partial charge in [0.05, 0.1) is 42.2 Å². The maximum atomic E-state index is 14.2. The van der Waals surface area contributed by atoms with Gasteiger partial charge >= 0.3 is 24.3 Å². The van der Waals surface area contributed by atoms with Gasteiger partial charge in [0.1, 0.15) is 41.2 Å². The molecule has 5 aliphatic carbocycles. The van der Waals surface area contributed by atoms with Gasteiger partial charge in [0.2, 0.25) is 0 Å². The van der Waals surface area contributed by atoms with Gasteiger partial charge in [-0.05, 0) is 372 Å². The van der Waals surface area contributed by atoms with E-state index < -0.39 is 118 Å². The highest BCUT2D eigenvalue weighted by Crippen LogP contribution is 2.59. The first-order valence-corrected chi connectivity index (χ1v) is 51.2. The second-order valence-corrected chi connectivity index (χ2v) is 45.9. The molecule has 4 atom stereocenters. The van der Waals surface area contributed by atoms with E-state index >= 15 is 0 Å². The highest BCUT2D eigenvalue weighted by molar-refractivity contribution is 7.94. The second kappa shape index (κ2) is 42.8. The Hall–Kier alpha value is -11.0. The standard InChI is InChI=1S/C25H28FN3O7S.C24H25F3N2O7S.C23H32N2O6S.C22H27N3O5S/c1-27-21(30)19-7-2-16(14-20(19)26)22(31)36-17-3-5-18(6-4-17)37(34,35)25(23(32)29-33)9-8-24(15-25)10-12-28-13-11-24;25-24(26,27)36-18-3-1-16(2-4-18)20(30)35-17-5-7-19(8-6-17)37(33,34)23(21(31)29-32)10-9-22(15-23)11-13-28-14-12-22;26-20(17-4-2-1-3-5-17)31-18-6-8-19(9-7-18)32(29,30)23(21(27)25-28)11-10-22(16-23)12-14-24-15-13-22;26-20(25-27)22(8-7-21(16-22)9-13-24-14-10-21)31(28,29)19-3-1-18(2-4-19)30-15-17-5-11-23-12-6-17/h2-7,14,28,33H,8-13,15H2,1H3,(H,27,30)(H,29,32);1-8,28,32H,9-15H2,(H,29,31);6-9,17,24,28H,1-5,10-16H2,(H,25,27);1-6,11-12,24,27H,7-10,13-16H2,(H,25,26). The minimum atomic E-state index is -4.87. The summed E-state index contributed by atoms with van der Waals surface area (Å²) in [5.41, 5.74) is 5.84. The summed E-state index contributed by atoms with van der Waals surface area (Å²) in [6.07, 6.45) is 12.9. The highest BCUT2D eigenvalue weighted by Gasteiger charge is 2.65. The van der Waals surface area contributed by atoms with E-state index in [2.05, 4.69) is 36.3 Å². The third kappa shape index (κ3) is 22.2. The molecular weight excluding hydrogens is 1870 g/mol. The van der Waals surface area contributed by atoms with Crippen LogP contribution in [0.15, 0.2) is 184 Å². The summed E-state index contributed by atoms with van der Waals surface area (Å²) in [6.45, 7) is 6.42. The van der Waals surface area contributed by atoms with E-state index in [4.69, 9.17) is 18.9 Å². The van der Waals surface area contributed by atoms with Gasteiger partial charge in [0.25, 0.3) is 29.5 Å². The predicted octanol–water partition coefficient (Wildman–Crippen LogP) is 10.3. The normalized spacial score (nSPS) is 22.7. The highest BCUT2D eigenvalue weighted by atomic mass is 32.2. The van der Waals surface area contributed by atoms with Crippen LogP contribution < -0.4 is 72.2 Å². The molecule has 13 N–H and O–H groups in total. The Morgan fingerprint density at radius 1 is 0.394 bits per heavy atom. The fourth-order valence-corrected chi connectivity index (χ4v) is 29.5. The number of alkyl halides is 3. The van der Waals surface area contributed by atoms with Gasteiger partial charge in [-0.25, -0.2) is 69.6 Å². The van der Waals surface area contributed by atoms with Crippen LogP contribution in [0.2, 0.25) is 0 Å². The average Bonchev–Trinajstić information content (AvgIpc) is 1.62. The van der Waals surface area contributed by atoms with Crippen molar-refractivity contribution in [3.8, 4) is 28.7 Å². The van der Waals surface area contributed by atoms with Crippen molar-refractivity contribution in [3.05, 3.63) is 192 Å². The van der Waals surface area contributed by atoms with Crippen LogP contribution in [0.25, 0.3) is 0 Å². The fourth-order valence-electron chi connectivity index (χ4n) is 21.1. The van der Waals surface area contributed by atoms with Crippen LogP contribution in [0.3, 0.4) is 0 Å². The molecular formula is C94H112F4N10O25S4. The molecule has 4 aliphatic heterocycles. The van der Waals surface area contributed by atoms with Crippen LogP contribution in [0.4, 0.5) is 17.6 Å². The summed E-state index contributed by atoms with van der Waals surface area (Å²) in [6, 6.07) is 32.8. The summed E-state index contributed by atoms with van der Waals surface area (Å²) >= 11 is 0. The van der Waals surface area contributed by atoms with Crippen molar-refractivity contribution in [1.82, 2.24) is 53.5 Å². The lowest BCUT2D eigenvalue weighted by molar-refractivity contribution is -0.274. The number of hydrogen-bond donors (Lipinski definition) is 13. The van der Waals surface area contributed by atoms with E-state index in [1.54, 1.807) is 46.4 Å². The van der Waals surface area contributed by atoms with Crippen LogP contribution >= 0.6 is 0 Å².